The van der Waals surface area contributed by atoms with Crippen molar-refractivity contribution >= 4 is 6.09 Å². The number of rotatable bonds is 5. The number of carboxylic acid groups (broad SMARTS) is 1. The summed E-state index contributed by atoms with van der Waals surface area (Å²) in [7, 11) is 0. The number of hydrogen-bond donors (Lipinski definition) is 2. The van der Waals surface area contributed by atoms with Crippen LogP contribution < -0.4 is 5.32 Å². The fraction of sp³-hybridized carbons (Fsp3) is 0.857. The largest absolute Gasteiger partial charge is 0.465 e. The summed E-state index contributed by atoms with van der Waals surface area (Å²) in [5.41, 5.74) is 0. The zero-order valence-electron chi connectivity index (χ0n) is 6.96. The first-order chi connectivity index (χ1) is 5.16. The molecule has 0 aliphatic carbocycles. The molecule has 0 radical (unpaired) electrons. The standard InChI is InChI=1S/C7H15NO3/c1-3-4-11-6(2)5-8-7(9)10/h6,8H,3-5H2,1-2H3,(H,9,10). The Kier molecular flexibility index (Phi) is 5.56. The van der Waals surface area contributed by atoms with Crippen molar-refractivity contribution in [1.82, 2.24) is 5.32 Å². The zero-order chi connectivity index (χ0) is 8.69. The Balaban J connectivity index is 3.22. The fourth-order valence-electron chi connectivity index (χ4n) is 0.609. The van der Waals surface area contributed by atoms with Crippen LogP contribution in [0.15, 0.2) is 0 Å². The molecule has 1 atom stereocenters. The SMILES string of the molecule is CCCOC(C)CNC(=O)O. The number of nitrogens with one attached hydrogen (secondary N) is 1. The molecule has 0 aromatic heterocycles. The molecule has 0 rings (SSSR count). The van der Waals surface area contributed by atoms with E-state index in [1.54, 1.807) is 0 Å². The van der Waals surface area contributed by atoms with Gasteiger partial charge in [-0.2, -0.15) is 0 Å². The molecule has 0 bridgehead atoms. The molecule has 0 saturated heterocycles. The molecule has 1 unspecified atom stereocenters. The van der Waals surface area contributed by atoms with Gasteiger partial charge >= 0.3 is 6.09 Å². The van der Waals surface area contributed by atoms with Gasteiger partial charge in [0.1, 0.15) is 0 Å². The van der Waals surface area contributed by atoms with E-state index in [-0.39, 0.29) is 6.10 Å². The van der Waals surface area contributed by atoms with Gasteiger partial charge in [0.15, 0.2) is 0 Å². The van der Waals surface area contributed by atoms with Gasteiger partial charge in [-0.3, -0.25) is 0 Å². The third-order valence-electron chi connectivity index (χ3n) is 1.15. The van der Waals surface area contributed by atoms with Crippen molar-refractivity contribution in [3.63, 3.8) is 0 Å². The van der Waals surface area contributed by atoms with Crippen LogP contribution in [0.25, 0.3) is 0 Å². The van der Waals surface area contributed by atoms with Gasteiger partial charge < -0.3 is 15.2 Å². The van der Waals surface area contributed by atoms with E-state index < -0.39 is 6.09 Å². The third-order valence-corrected chi connectivity index (χ3v) is 1.15. The third kappa shape index (κ3) is 7.12. The first-order valence-corrected chi connectivity index (χ1v) is 3.75. The maximum Gasteiger partial charge on any atom is 0.404 e. The molecule has 0 aromatic carbocycles. The van der Waals surface area contributed by atoms with Crippen LogP contribution in [0.5, 0.6) is 0 Å². The van der Waals surface area contributed by atoms with Crippen molar-refractivity contribution in [2.24, 2.45) is 0 Å². The van der Waals surface area contributed by atoms with Crippen molar-refractivity contribution in [1.29, 1.82) is 0 Å². The van der Waals surface area contributed by atoms with Gasteiger partial charge in [0, 0.05) is 13.2 Å². The lowest BCUT2D eigenvalue weighted by Crippen LogP contribution is -2.30. The van der Waals surface area contributed by atoms with Crippen molar-refractivity contribution in [2.45, 2.75) is 26.4 Å². The van der Waals surface area contributed by atoms with Crippen LogP contribution in [0, 0.1) is 0 Å². The average molecular weight is 161 g/mol. The fourth-order valence-corrected chi connectivity index (χ4v) is 0.609. The van der Waals surface area contributed by atoms with Gasteiger partial charge in [-0.1, -0.05) is 6.92 Å². The smallest absolute Gasteiger partial charge is 0.404 e. The molecule has 11 heavy (non-hydrogen) atoms. The van der Waals surface area contributed by atoms with Crippen molar-refractivity contribution in [2.75, 3.05) is 13.2 Å². The summed E-state index contributed by atoms with van der Waals surface area (Å²) in [6.45, 7) is 4.89. The van der Waals surface area contributed by atoms with Crippen LogP contribution in [-0.4, -0.2) is 30.5 Å². The van der Waals surface area contributed by atoms with Crippen LogP contribution in [0.3, 0.4) is 0 Å². The summed E-state index contributed by atoms with van der Waals surface area (Å²) in [6, 6.07) is 0. The second-order valence-electron chi connectivity index (χ2n) is 2.37. The van der Waals surface area contributed by atoms with Gasteiger partial charge in [0.05, 0.1) is 6.10 Å². The van der Waals surface area contributed by atoms with E-state index in [2.05, 4.69) is 5.32 Å². The predicted octanol–water partition coefficient (Wildman–Crippen LogP) is 1.07. The number of ether oxygens (including phenoxy) is 1. The minimum atomic E-state index is -1.00. The van der Waals surface area contributed by atoms with Crippen LogP contribution in [-0.2, 0) is 4.74 Å². The highest BCUT2D eigenvalue weighted by Gasteiger charge is 2.02. The molecule has 66 valence electrons. The van der Waals surface area contributed by atoms with E-state index in [1.165, 1.54) is 0 Å². The summed E-state index contributed by atoms with van der Waals surface area (Å²) >= 11 is 0. The Morgan fingerprint density at radius 3 is 2.82 bits per heavy atom. The normalized spacial score (nSPS) is 12.5. The maximum absolute atomic E-state index is 10.0. The lowest BCUT2D eigenvalue weighted by molar-refractivity contribution is 0.0660. The van der Waals surface area contributed by atoms with Crippen LogP contribution >= 0.6 is 0 Å². The Morgan fingerprint density at radius 2 is 2.36 bits per heavy atom. The minimum Gasteiger partial charge on any atom is -0.465 e. The van der Waals surface area contributed by atoms with Gasteiger partial charge in [0.25, 0.3) is 0 Å². The summed E-state index contributed by atoms with van der Waals surface area (Å²) in [6.07, 6.45) is -0.0831. The molecule has 0 aromatic rings. The molecule has 0 aliphatic heterocycles. The molecule has 1 amide bonds. The molecule has 4 heteroatoms. The topological polar surface area (TPSA) is 58.6 Å². The van der Waals surface area contributed by atoms with E-state index in [0.29, 0.717) is 13.2 Å². The second kappa shape index (κ2) is 5.97. The van der Waals surface area contributed by atoms with Crippen molar-refractivity contribution < 1.29 is 14.6 Å². The van der Waals surface area contributed by atoms with Crippen LogP contribution in [0.1, 0.15) is 20.3 Å². The highest BCUT2D eigenvalue weighted by atomic mass is 16.5. The molecule has 0 aliphatic rings. The second-order valence-corrected chi connectivity index (χ2v) is 2.37. The quantitative estimate of drug-likeness (QED) is 0.634. The van der Waals surface area contributed by atoms with Gasteiger partial charge in [-0.05, 0) is 13.3 Å². The van der Waals surface area contributed by atoms with E-state index in [1.807, 2.05) is 13.8 Å². The Hall–Kier alpha value is -0.770. The molecule has 0 heterocycles. The van der Waals surface area contributed by atoms with E-state index in [9.17, 15) is 4.79 Å². The van der Waals surface area contributed by atoms with E-state index >= 15 is 0 Å². The van der Waals surface area contributed by atoms with E-state index in [0.717, 1.165) is 6.42 Å². The first-order valence-electron chi connectivity index (χ1n) is 3.75. The molecule has 4 nitrogen and oxygen atoms in total. The van der Waals surface area contributed by atoms with Gasteiger partial charge in [-0.25, -0.2) is 4.79 Å². The van der Waals surface area contributed by atoms with E-state index in [4.69, 9.17) is 9.84 Å². The monoisotopic (exact) mass is 161 g/mol. The molecule has 2 N–H and O–H groups in total. The highest BCUT2D eigenvalue weighted by Crippen LogP contribution is 1.89. The summed E-state index contributed by atoms with van der Waals surface area (Å²) in [5, 5.41) is 10.5. The maximum atomic E-state index is 10.0. The molecule has 0 spiro atoms. The minimum absolute atomic E-state index is 0.0361. The summed E-state index contributed by atoms with van der Waals surface area (Å²) in [5.74, 6) is 0. The highest BCUT2D eigenvalue weighted by molar-refractivity contribution is 5.64. The van der Waals surface area contributed by atoms with Crippen LogP contribution in [0.2, 0.25) is 0 Å². The van der Waals surface area contributed by atoms with Crippen molar-refractivity contribution in [3.05, 3.63) is 0 Å². The van der Waals surface area contributed by atoms with Crippen molar-refractivity contribution in [3.8, 4) is 0 Å². The Bertz CT molecular complexity index is 116. The lowest BCUT2D eigenvalue weighted by atomic mass is 10.4. The summed E-state index contributed by atoms with van der Waals surface area (Å²) in [4.78, 5) is 10.0. The Morgan fingerprint density at radius 1 is 1.73 bits per heavy atom. The predicted molar refractivity (Wildman–Crippen MR) is 41.7 cm³/mol. The molecule has 0 saturated carbocycles. The van der Waals surface area contributed by atoms with Crippen LogP contribution in [0.4, 0.5) is 4.79 Å². The Labute approximate surface area is 66.5 Å². The number of carbonyl (C=O) groups is 1. The first kappa shape index (κ1) is 10.2. The zero-order valence-corrected chi connectivity index (χ0v) is 6.96. The van der Waals surface area contributed by atoms with Gasteiger partial charge in [0.2, 0.25) is 0 Å². The van der Waals surface area contributed by atoms with Gasteiger partial charge in [-0.15, -0.1) is 0 Å². The molecular weight excluding hydrogens is 146 g/mol. The number of hydrogen-bond acceptors (Lipinski definition) is 2. The molecular formula is C7H15NO3. The summed E-state index contributed by atoms with van der Waals surface area (Å²) < 4.78 is 5.22. The average Bonchev–Trinajstić information content (AvgIpc) is 1.97. The number of amides is 1. The molecule has 0 fully saturated rings. The lowest BCUT2D eigenvalue weighted by Gasteiger charge is -2.11.